The van der Waals surface area contributed by atoms with Crippen LogP contribution in [-0.4, -0.2) is 43.7 Å². The molecular formula is C13H26N2O2. The van der Waals surface area contributed by atoms with Crippen LogP contribution < -0.4 is 5.73 Å². The van der Waals surface area contributed by atoms with Gasteiger partial charge in [0, 0.05) is 31.5 Å². The molecule has 1 fully saturated rings. The van der Waals surface area contributed by atoms with Crippen molar-refractivity contribution in [2.24, 2.45) is 17.6 Å². The molecule has 1 amide bonds. The average Bonchev–Trinajstić information content (AvgIpc) is 2.84. The van der Waals surface area contributed by atoms with Crippen LogP contribution >= 0.6 is 0 Å². The number of nitrogens with two attached hydrogens (primary N) is 1. The van der Waals surface area contributed by atoms with E-state index in [1.807, 2.05) is 18.7 Å². The molecule has 0 aromatic rings. The van der Waals surface area contributed by atoms with Gasteiger partial charge in [0.1, 0.15) is 0 Å². The molecule has 0 aromatic carbocycles. The zero-order chi connectivity index (χ0) is 12.7. The molecule has 1 heterocycles. The van der Waals surface area contributed by atoms with Crippen LogP contribution in [0.3, 0.4) is 0 Å². The molecule has 0 aromatic heterocycles. The minimum Gasteiger partial charge on any atom is -0.381 e. The second kappa shape index (κ2) is 7.67. The van der Waals surface area contributed by atoms with Crippen LogP contribution in [0.1, 0.15) is 33.1 Å². The molecule has 0 saturated carbocycles. The van der Waals surface area contributed by atoms with Crippen molar-refractivity contribution in [1.29, 1.82) is 0 Å². The fraction of sp³-hybridized carbons (Fsp3) is 0.923. The molecule has 2 atom stereocenters. The fourth-order valence-electron chi connectivity index (χ4n) is 2.27. The number of hydrogen-bond acceptors (Lipinski definition) is 3. The third-order valence-corrected chi connectivity index (χ3v) is 3.46. The summed E-state index contributed by atoms with van der Waals surface area (Å²) in [6, 6.07) is 0. The van der Waals surface area contributed by atoms with E-state index >= 15 is 0 Å². The van der Waals surface area contributed by atoms with E-state index in [2.05, 4.69) is 0 Å². The molecule has 1 rings (SSSR count). The lowest BCUT2D eigenvalue weighted by molar-refractivity contribution is -0.135. The van der Waals surface area contributed by atoms with Gasteiger partial charge >= 0.3 is 0 Å². The summed E-state index contributed by atoms with van der Waals surface area (Å²) >= 11 is 0. The first kappa shape index (κ1) is 14.5. The van der Waals surface area contributed by atoms with Crippen molar-refractivity contribution in [1.82, 2.24) is 4.90 Å². The van der Waals surface area contributed by atoms with Gasteiger partial charge in [-0.3, -0.25) is 4.79 Å². The van der Waals surface area contributed by atoms with Gasteiger partial charge in [0.25, 0.3) is 0 Å². The summed E-state index contributed by atoms with van der Waals surface area (Å²) in [5.74, 6) is 0.897. The van der Waals surface area contributed by atoms with Crippen molar-refractivity contribution >= 4 is 5.91 Å². The molecule has 1 aliphatic heterocycles. The fourth-order valence-corrected chi connectivity index (χ4v) is 2.27. The van der Waals surface area contributed by atoms with Crippen molar-refractivity contribution in [3.05, 3.63) is 0 Å². The maximum Gasteiger partial charge on any atom is 0.225 e. The second-order valence-corrected chi connectivity index (χ2v) is 4.94. The highest BCUT2D eigenvalue weighted by Gasteiger charge is 2.24. The third-order valence-electron chi connectivity index (χ3n) is 3.46. The largest absolute Gasteiger partial charge is 0.381 e. The van der Waals surface area contributed by atoms with Crippen molar-refractivity contribution < 1.29 is 9.53 Å². The van der Waals surface area contributed by atoms with Crippen molar-refractivity contribution in [3.63, 3.8) is 0 Å². The van der Waals surface area contributed by atoms with Gasteiger partial charge in [-0.1, -0.05) is 6.92 Å². The molecule has 4 nitrogen and oxygen atoms in total. The van der Waals surface area contributed by atoms with Crippen LogP contribution in [0.25, 0.3) is 0 Å². The van der Waals surface area contributed by atoms with Gasteiger partial charge < -0.3 is 15.4 Å². The second-order valence-electron chi connectivity index (χ2n) is 4.94. The molecule has 2 N–H and O–H groups in total. The summed E-state index contributed by atoms with van der Waals surface area (Å²) in [6.07, 6.45) is 2.91. The number of carbonyl (C=O) groups excluding carboxylic acids is 1. The van der Waals surface area contributed by atoms with E-state index in [1.54, 1.807) is 0 Å². The molecule has 0 bridgehead atoms. The molecule has 0 aliphatic carbocycles. The smallest absolute Gasteiger partial charge is 0.225 e. The first-order chi connectivity index (χ1) is 8.19. The summed E-state index contributed by atoms with van der Waals surface area (Å²) in [5, 5.41) is 0. The predicted octanol–water partition coefficient (Wildman–Crippen LogP) is 1.25. The Balaban J connectivity index is 2.39. The van der Waals surface area contributed by atoms with Gasteiger partial charge in [-0.2, -0.15) is 0 Å². The molecule has 0 spiro atoms. The molecule has 1 saturated heterocycles. The zero-order valence-electron chi connectivity index (χ0n) is 11.2. The maximum absolute atomic E-state index is 12.2. The lowest BCUT2D eigenvalue weighted by atomic mass is 10.0. The van der Waals surface area contributed by atoms with E-state index in [4.69, 9.17) is 10.5 Å². The van der Waals surface area contributed by atoms with E-state index in [0.29, 0.717) is 12.5 Å². The van der Waals surface area contributed by atoms with E-state index in [-0.39, 0.29) is 11.8 Å². The minimum absolute atomic E-state index is 0.0980. The highest BCUT2D eigenvalue weighted by Crippen LogP contribution is 2.16. The van der Waals surface area contributed by atoms with Gasteiger partial charge in [-0.15, -0.1) is 0 Å². The third kappa shape index (κ3) is 4.64. The van der Waals surface area contributed by atoms with Crippen LogP contribution in [0.2, 0.25) is 0 Å². The molecule has 100 valence electrons. The molecule has 17 heavy (non-hydrogen) atoms. The van der Waals surface area contributed by atoms with E-state index in [1.165, 1.54) is 0 Å². The predicted molar refractivity (Wildman–Crippen MR) is 68.6 cm³/mol. The highest BCUT2D eigenvalue weighted by molar-refractivity contribution is 5.78. The summed E-state index contributed by atoms with van der Waals surface area (Å²) in [5.41, 5.74) is 5.48. The Bertz CT molecular complexity index is 227. The highest BCUT2D eigenvalue weighted by atomic mass is 16.5. The van der Waals surface area contributed by atoms with Gasteiger partial charge in [0.05, 0.1) is 6.61 Å². The normalized spacial score (nSPS) is 21.5. The Kier molecular flexibility index (Phi) is 6.52. The molecule has 1 aliphatic rings. The van der Waals surface area contributed by atoms with Gasteiger partial charge in [-0.25, -0.2) is 0 Å². The van der Waals surface area contributed by atoms with Crippen LogP contribution in [0.4, 0.5) is 0 Å². The van der Waals surface area contributed by atoms with Crippen LogP contribution in [0.15, 0.2) is 0 Å². The Hall–Kier alpha value is -0.610. The standard InChI is InChI=1S/C13H26N2O2/c1-3-15(9-12-6-8-17-10-12)13(16)11(2)5-4-7-14/h11-12H,3-10,14H2,1-2H3. The van der Waals surface area contributed by atoms with Crippen molar-refractivity contribution in [2.75, 3.05) is 32.8 Å². The molecule has 4 heteroatoms. The van der Waals surface area contributed by atoms with Crippen molar-refractivity contribution in [2.45, 2.75) is 33.1 Å². The Labute approximate surface area is 104 Å². The number of carbonyl (C=O) groups is 1. The van der Waals surface area contributed by atoms with Crippen LogP contribution in [0.5, 0.6) is 0 Å². The molecular weight excluding hydrogens is 216 g/mol. The monoisotopic (exact) mass is 242 g/mol. The van der Waals surface area contributed by atoms with Gasteiger partial charge in [0.15, 0.2) is 0 Å². The number of ether oxygens (including phenoxy) is 1. The number of hydrogen-bond donors (Lipinski definition) is 1. The zero-order valence-corrected chi connectivity index (χ0v) is 11.2. The van der Waals surface area contributed by atoms with E-state index < -0.39 is 0 Å². The van der Waals surface area contributed by atoms with Crippen LogP contribution in [0, 0.1) is 11.8 Å². The summed E-state index contributed by atoms with van der Waals surface area (Å²) in [4.78, 5) is 14.2. The summed E-state index contributed by atoms with van der Waals surface area (Å²) < 4.78 is 5.35. The minimum atomic E-state index is 0.0980. The van der Waals surface area contributed by atoms with Crippen molar-refractivity contribution in [3.8, 4) is 0 Å². The first-order valence-corrected chi connectivity index (χ1v) is 6.75. The number of nitrogens with zero attached hydrogens (tertiary/aromatic N) is 1. The molecule has 0 radical (unpaired) electrons. The first-order valence-electron chi connectivity index (χ1n) is 6.75. The van der Waals surface area contributed by atoms with E-state index in [0.717, 1.165) is 45.6 Å². The van der Waals surface area contributed by atoms with E-state index in [9.17, 15) is 4.79 Å². The number of amides is 1. The summed E-state index contributed by atoms with van der Waals surface area (Å²) in [6.45, 7) is 8.01. The summed E-state index contributed by atoms with van der Waals surface area (Å²) in [7, 11) is 0. The van der Waals surface area contributed by atoms with Crippen LogP contribution in [-0.2, 0) is 9.53 Å². The van der Waals surface area contributed by atoms with Gasteiger partial charge in [0.2, 0.25) is 5.91 Å². The Morgan fingerprint density at radius 1 is 1.59 bits per heavy atom. The average molecular weight is 242 g/mol. The topological polar surface area (TPSA) is 55.6 Å². The Morgan fingerprint density at radius 3 is 2.88 bits per heavy atom. The Morgan fingerprint density at radius 2 is 2.35 bits per heavy atom. The number of rotatable bonds is 7. The molecule has 2 unspecified atom stereocenters. The SMILES string of the molecule is CCN(CC1CCOC1)C(=O)C(C)CCCN. The lowest BCUT2D eigenvalue weighted by Gasteiger charge is -2.26. The maximum atomic E-state index is 12.2. The van der Waals surface area contributed by atoms with Gasteiger partial charge in [-0.05, 0) is 32.7 Å². The lowest BCUT2D eigenvalue weighted by Crippen LogP contribution is -2.38. The quantitative estimate of drug-likeness (QED) is 0.731.